The van der Waals surface area contributed by atoms with Gasteiger partial charge in [0.05, 0.1) is 0 Å². The summed E-state index contributed by atoms with van der Waals surface area (Å²) in [5.41, 5.74) is 1.27. The molecule has 1 saturated heterocycles. The predicted octanol–water partition coefficient (Wildman–Crippen LogP) is 1.24. The van der Waals surface area contributed by atoms with Crippen LogP contribution in [0.1, 0.15) is 30.1 Å². The van der Waals surface area contributed by atoms with Crippen molar-refractivity contribution in [2.45, 2.75) is 19.8 Å². The standard InChI is InChI=1S/C17H21N3O3/c1-11-10-14(11)16(22)19-13-4-2-12(3-5-13)17(23)20-8-6-15(21)18-7-9-20/h2-5,11,14H,6-10H2,1H3,(H,18,21)(H,19,22)/t11-,14-/m0/s1. The Morgan fingerprint density at radius 2 is 1.91 bits per heavy atom. The van der Waals surface area contributed by atoms with E-state index in [2.05, 4.69) is 17.6 Å². The number of anilines is 1. The molecule has 3 rings (SSSR count). The molecule has 1 heterocycles. The average molecular weight is 315 g/mol. The molecule has 6 nitrogen and oxygen atoms in total. The Hall–Kier alpha value is -2.37. The molecule has 2 N–H and O–H groups in total. The first-order chi connectivity index (χ1) is 11.0. The van der Waals surface area contributed by atoms with Crippen LogP contribution in [0.3, 0.4) is 0 Å². The highest BCUT2D eigenvalue weighted by molar-refractivity contribution is 5.97. The summed E-state index contributed by atoms with van der Waals surface area (Å²) in [6.07, 6.45) is 1.28. The van der Waals surface area contributed by atoms with E-state index in [1.807, 2.05) is 0 Å². The topological polar surface area (TPSA) is 78.5 Å². The van der Waals surface area contributed by atoms with Crippen LogP contribution in [0.15, 0.2) is 24.3 Å². The lowest BCUT2D eigenvalue weighted by atomic mass is 10.1. The lowest BCUT2D eigenvalue weighted by molar-refractivity contribution is -0.120. The molecule has 0 bridgehead atoms. The van der Waals surface area contributed by atoms with Gasteiger partial charge in [-0.15, -0.1) is 0 Å². The van der Waals surface area contributed by atoms with Crippen molar-refractivity contribution in [3.8, 4) is 0 Å². The zero-order valence-corrected chi connectivity index (χ0v) is 13.2. The second-order valence-corrected chi connectivity index (χ2v) is 6.28. The molecule has 0 unspecified atom stereocenters. The van der Waals surface area contributed by atoms with Gasteiger partial charge in [-0.25, -0.2) is 0 Å². The van der Waals surface area contributed by atoms with Crippen molar-refractivity contribution in [2.75, 3.05) is 25.0 Å². The molecule has 2 atom stereocenters. The summed E-state index contributed by atoms with van der Waals surface area (Å²) in [6.45, 7) is 3.50. The number of amides is 3. The molecule has 2 fully saturated rings. The molecule has 1 aliphatic heterocycles. The number of rotatable bonds is 3. The number of nitrogens with one attached hydrogen (secondary N) is 2. The summed E-state index contributed by atoms with van der Waals surface area (Å²) >= 11 is 0. The van der Waals surface area contributed by atoms with Crippen LogP contribution in [0.2, 0.25) is 0 Å². The summed E-state index contributed by atoms with van der Waals surface area (Å²) in [5, 5.41) is 5.63. The fourth-order valence-corrected chi connectivity index (χ4v) is 2.77. The lowest BCUT2D eigenvalue weighted by Crippen LogP contribution is -2.34. The van der Waals surface area contributed by atoms with Crippen LogP contribution < -0.4 is 10.6 Å². The third kappa shape index (κ3) is 3.70. The smallest absolute Gasteiger partial charge is 0.253 e. The molecule has 1 aromatic rings. The Kier molecular flexibility index (Phi) is 4.32. The molecule has 0 spiro atoms. The number of hydrogen-bond acceptors (Lipinski definition) is 3. The minimum atomic E-state index is -0.0878. The van der Waals surface area contributed by atoms with Gasteiger partial charge in [-0.05, 0) is 36.6 Å². The largest absolute Gasteiger partial charge is 0.354 e. The van der Waals surface area contributed by atoms with E-state index in [0.29, 0.717) is 43.2 Å². The molecule has 2 aliphatic rings. The van der Waals surface area contributed by atoms with Crippen molar-refractivity contribution >= 4 is 23.4 Å². The Balaban J connectivity index is 1.61. The van der Waals surface area contributed by atoms with Crippen molar-refractivity contribution in [3.05, 3.63) is 29.8 Å². The monoisotopic (exact) mass is 315 g/mol. The Morgan fingerprint density at radius 3 is 2.57 bits per heavy atom. The fraction of sp³-hybridized carbons (Fsp3) is 0.471. The average Bonchev–Trinajstić information content (AvgIpc) is 3.30. The normalized spacial score (nSPS) is 23.7. The van der Waals surface area contributed by atoms with Gasteiger partial charge in [-0.3, -0.25) is 14.4 Å². The molecular weight excluding hydrogens is 294 g/mol. The molecule has 23 heavy (non-hydrogen) atoms. The first-order valence-corrected chi connectivity index (χ1v) is 8.01. The van der Waals surface area contributed by atoms with Gasteiger partial charge in [-0.1, -0.05) is 6.92 Å². The van der Waals surface area contributed by atoms with E-state index in [1.165, 1.54) is 0 Å². The Morgan fingerprint density at radius 1 is 1.22 bits per heavy atom. The van der Waals surface area contributed by atoms with Crippen LogP contribution in [0, 0.1) is 11.8 Å². The molecule has 1 aliphatic carbocycles. The van der Waals surface area contributed by atoms with E-state index in [1.54, 1.807) is 29.2 Å². The van der Waals surface area contributed by atoms with Crippen molar-refractivity contribution < 1.29 is 14.4 Å². The zero-order chi connectivity index (χ0) is 16.4. The van der Waals surface area contributed by atoms with Gasteiger partial charge in [0.15, 0.2) is 0 Å². The summed E-state index contributed by atoms with van der Waals surface area (Å²) in [7, 11) is 0. The molecule has 1 aromatic carbocycles. The Labute approximate surface area is 135 Å². The maximum atomic E-state index is 12.5. The van der Waals surface area contributed by atoms with Crippen molar-refractivity contribution in [1.82, 2.24) is 10.2 Å². The second kappa shape index (κ2) is 6.40. The van der Waals surface area contributed by atoms with Crippen molar-refractivity contribution in [1.29, 1.82) is 0 Å². The molecule has 1 saturated carbocycles. The molecular formula is C17H21N3O3. The van der Waals surface area contributed by atoms with E-state index in [9.17, 15) is 14.4 Å². The van der Waals surface area contributed by atoms with Crippen molar-refractivity contribution in [3.63, 3.8) is 0 Å². The van der Waals surface area contributed by atoms with Crippen LogP contribution in [-0.4, -0.2) is 42.3 Å². The van der Waals surface area contributed by atoms with E-state index < -0.39 is 0 Å². The minimum absolute atomic E-state index is 0.0207. The number of carbonyl (C=O) groups is 3. The van der Waals surface area contributed by atoms with Gasteiger partial charge in [-0.2, -0.15) is 0 Å². The third-order valence-electron chi connectivity index (χ3n) is 4.45. The summed E-state index contributed by atoms with van der Waals surface area (Å²) < 4.78 is 0. The predicted molar refractivity (Wildman–Crippen MR) is 85.9 cm³/mol. The highest BCUT2D eigenvalue weighted by Gasteiger charge is 2.39. The summed E-state index contributed by atoms with van der Waals surface area (Å²) in [5.74, 6) is 0.533. The highest BCUT2D eigenvalue weighted by atomic mass is 16.2. The van der Waals surface area contributed by atoms with Gasteiger partial charge < -0.3 is 15.5 Å². The third-order valence-corrected chi connectivity index (χ3v) is 4.45. The Bertz CT molecular complexity index is 626. The van der Waals surface area contributed by atoms with Gasteiger partial charge in [0.1, 0.15) is 0 Å². The van der Waals surface area contributed by atoms with E-state index in [0.717, 1.165) is 6.42 Å². The first kappa shape index (κ1) is 15.5. The number of benzene rings is 1. The molecule has 6 heteroatoms. The molecule has 0 aromatic heterocycles. The van der Waals surface area contributed by atoms with Crippen LogP contribution in [0.5, 0.6) is 0 Å². The first-order valence-electron chi connectivity index (χ1n) is 8.01. The quantitative estimate of drug-likeness (QED) is 0.881. The summed E-state index contributed by atoms with van der Waals surface area (Å²) in [6, 6.07) is 6.93. The number of nitrogens with zero attached hydrogens (tertiary/aromatic N) is 1. The van der Waals surface area contributed by atoms with Crippen LogP contribution in [0.25, 0.3) is 0 Å². The number of hydrogen-bond donors (Lipinski definition) is 2. The van der Waals surface area contributed by atoms with Crippen LogP contribution in [-0.2, 0) is 9.59 Å². The van der Waals surface area contributed by atoms with Crippen LogP contribution in [0.4, 0.5) is 5.69 Å². The zero-order valence-electron chi connectivity index (χ0n) is 13.2. The molecule has 0 radical (unpaired) electrons. The number of carbonyl (C=O) groups excluding carboxylic acids is 3. The van der Waals surface area contributed by atoms with E-state index >= 15 is 0 Å². The maximum absolute atomic E-state index is 12.5. The van der Waals surface area contributed by atoms with Crippen LogP contribution >= 0.6 is 0 Å². The van der Waals surface area contributed by atoms with Gasteiger partial charge in [0.25, 0.3) is 5.91 Å². The minimum Gasteiger partial charge on any atom is -0.354 e. The molecule has 122 valence electrons. The second-order valence-electron chi connectivity index (χ2n) is 6.28. The lowest BCUT2D eigenvalue weighted by Gasteiger charge is -2.19. The van der Waals surface area contributed by atoms with Gasteiger partial charge >= 0.3 is 0 Å². The maximum Gasteiger partial charge on any atom is 0.253 e. The fourth-order valence-electron chi connectivity index (χ4n) is 2.77. The van der Waals surface area contributed by atoms with E-state index in [4.69, 9.17) is 0 Å². The van der Waals surface area contributed by atoms with Crippen molar-refractivity contribution in [2.24, 2.45) is 11.8 Å². The summed E-state index contributed by atoms with van der Waals surface area (Å²) in [4.78, 5) is 37.4. The highest BCUT2D eigenvalue weighted by Crippen LogP contribution is 2.38. The van der Waals surface area contributed by atoms with Gasteiger partial charge in [0, 0.05) is 43.2 Å². The SMILES string of the molecule is C[C@H]1C[C@@H]1C(=O)Nc1ccc(C(=O)N2CCNC(=O)CC2)cc1. The van der Waals surface area contributed by atoms with Gasteiger partial charge in [0.2, 0.25) is 11.8 Å². The van der Waals surface area contributed by atoms with E-state index in [-0.39, 0.29) is 23.6 Å². The molecule has 3 amide bonds.